The monoisotopic (exact) mass is 343 g/mol. The zero-order chi connectivity index (χ0) is 17.8. The molecule has 0 unspecified atom stereocenters. The molecule has 132 valence electrons. The number of aromatic nitrogens is 2. The third kappa shape index (κ3) is 3.71. The average Bonchev–Trinajstić information content (AvgIpc) is 3.13. The Kier molecular flexibility index (Phi) is 5.14. The molecular weight excluding hydrogens is 322 g/mol. The van der Waals surface area contributed by atoms with Crippen molar-refractivity contribution in [3.63, 3.8) is 0 Å². The van der Waals surface area contributed by atoms with E-state index in [9.17, 15) is 9.59 Å². The second-order valence-electron chi connectivity index (χ2n) is 5.94. The highest BCUT2D eigenvalue weighted by atomic mass is 16.5. The molecule has 25 heavy (non-hydrogen) atoms. The fraction of sp³-hybridized carbons (Fsp3) is 0.389. The van der Waals surface area contributed by atoms with Crippen molar-refractivity contribution >= 4 is 5.91 Å². The summed E-state index contributed by atoms with van der Waals surface area (Å²) < 4.78 is 11.9. The summed E-state index contributed by atoms with van der Waals surface area (Å²) in [6.45, 7) is 3.01. The molecule has 7 heteroatoms. The molecular formula is C18H21N3O4. The van der Waals surface area contributed by atoms with E-state index in [0.29, 0.717) is 12.2 Å². The van der Waals surface area contributed by atoms with Crippen LogP contribution in [0.5, 0.6) is 5.75 Å². The Morgan fingerprint density at radius 2 is 2.24 bits per heavy atom. The van der Waals surface area contributed by atoms with Gasteiger partial charge in [0.15, 0.2) is 11.4 Å². The van der Waals surface area contributed by atoms with Crippen LogP contribution < -0.4 is 15.6 Å². The first-order valence-electron chi connectivity index (χ1n) is 8.24. The lowest BCUT2D eigenvalue weighted by Crippen LogP contribution is -2.34. The van der Waals surface area contributed by atoms with Crippen LogP contribution in [0.3, 0.4) is 0 Å². The number of nitrogens with one attached hydrogen (secondary N) is 1. The molecule has 2 aromatic rings. The van der Waals surface area contributed by atoms with Crippen molar-refractivity contribution in [1.82, 2.24) is 15.1 Å². The van der Waals surface area contributed by atoms with E-state index in [2.05, 4.69) is 10.4 Å². The van der Waals surface area contributed by atoms with Gasteiger partial charge < -0.3 is 14.8 Å². The van der Waals surface area contributed by atoms with Crippen molar-refractivity contribution in [3.05, 3.63) is 51.9 Å². The summed E-state index contributed by atoms with van der Waals surface area (Å²) >= 11 is 0. The molecule has 1 aliphatic heterocycles. The smallest absolute Gasteiger partial charge is 0.275 e. The van der Waals surface area contributed by atoms with Gasteiger partial charge in [0.1, 0.15) is 0 Å². The number of amides is 1. The molecule has 1 amide bonds. The first-order chi connectivity index (χ1) is 12.1. The predicted octanol–water partition coefficient (Wildman–Crippen LogP) is 1.46. The summed E-state index contributed by atoms with van der Waals surface area (Å²) in [6.07, 6.45) is 1.95. The SMILES string of the molecule is COc1cc(=O)n(-c2ccccc2C)nc1C(=O)NC[C@@H]1CCCO1. The Balaban J connectivity index is 1.92. The van der Waals surface area contributed by atoms with Crippen molar-refractivity contribution < 1.29 is 14.3 Å². The van der Waals surface area contributed by atoms with Gasteiger partial charge in [0, 0.05) is 13.2 Å². The highest BCUT2D eigenvalue weighted by Crippen LogP contribution is 2.16. The molecule has 0 aliphatic carbocycles. The quantitative estimate of drug-likeness (QED) is 0.889. The van der Waals surface area contributed by atoms with Gasteiger partial charge in [-0.05, 0) is 31.4 Å². The second-order valence-corrected chi connectivity index (χ2v) is 5.94. The highest BCUT2D eigenvalue weighted by molar-refractivity contribution is 5.94. The van der Waals surface area contributed by atoms with Gasteiger partial charge >= 0.3 is 0 Å². The third-order valence-corrected chi connectivity index (χ3v) is 4.19. The standard InChI is InChI=1S/C18H21N3O4/c1-12-6-3-4-8-14(12)21-16(22)10-15(24-2)17(20-21)18(23)19-11-13-7-5-9-25-13/h3-4,6,8,10,13H,5,7,9,11H2,1-2H3,(H,19,23)/t13-/m0/s1. The Hall–Kier alpha value is -2.67. The number of ether oxygens (including phenoxy) is 2. The first kappa shape index (κ1) is 17.2. The molecule has 1 fully saturated rings. The average molecular weight is 343 g/mol. The molecule has 1 saturated heterocycles. The molecule has 1 aromatic heterocycles. The van der Waals surface area contributed by atoms with Crippen LogP contribution in [0, 0.1) is 6.92 Å². The number of para-hydroxylation sites is 1. The molecule has 1 aliphatic rings. The van der Waals surface area contributed by atoms with E-state index in [1.165, 1.54) is 17.9 Å². The molecule has 0 bridgehead atoms. The summed E-state index contributed by atoms with van der Waals surface area (Å²) in [5, 5.41) is 7.05. The predicted molar refractivity (Wildman–Crippen MR) is 92.4 cm³/mol. The minimum absolute atomic E-state index is 0.0252. The highest BCUT2D eigenvalue weighted by Gasteiger charge is 2.21. The lowest BCUT2D eigenvalue weighted by molar-refractivity contribution is 0.0849. The molecule has 1 atom stereocenters. The second kappa shape index (κ2) is 7.48. The van der Waals surface area contributed by atoms with Crippen LogP contribution in [0.1, 0.15) is 28.9 Å². The zero-order valence-electron chi connectivity index (χ0n) is 14.3. The Bertz CT molecular complexity index is 825. The molecule has 7 nitrogen and oxygen atoms in total. The summed E-state index contributed by atoms with van der Waals surface area (Å²) in [5.74, 6) is -0.241. The van der Waals surface area contributed by atoms with Gasteiger partial charge in [-0.2, -0.15) is 9.78 Å². The van der Waals surface area contributed by atoms with E-state index < -0.39 is 5.91 Å². The van der Waals surface area contributed by atoms with Crippen molar-refractivity contribution in [2.75, 3.05) is 20.3 Å². The van der Waals surface area contributed by atoms with Crippen molar-refractivity contribution in [2.45, 2.75) is 25.9 Å². The Labute approximate surface area is 145 Å². The number of aryl methyl sites for hydroxylation is 1. The van der Waals surface area contributed by atoms with Gasteiger partial charge in [0.05, 0.1) is 25.0 Å². The first-order valence-corrected chi connectivity index (χ1v) is 8.24. The van der Waals surface area contributed by atoms with Gasteiger partial charge in [-0.25, -0.2) is 0 Å². The molecule has 0 radical (unpaired) electrons. The third-order valence-electron chi connectivity index (χ3n) is 4.19. The summed E-state index contributed by atoms with van der Waals surface area (Å²) in [7, 11) is 1.41. The van der Waals surface area contributed by atoms with Gasteiger partial charge in [0.2, 0.25) is 0 Å². The lowest BCUT2D eigenvalue weighted by Gasteiger charge is -2.14. The van der Waals surface area contributed by atoms with Crippen molar-refractivity contribution in [2.24, 2.45) is 0 Å². The lowest BCUT2D eigenvalue weighted by atomic mass is 10.2. The van der Waals surface area contributed by atoms with Crippen LogP contribution in [-0.2, 0) is 4.74 Å². The van der Waals surface area contributed by atoms with E-state index in [1.54, 1.807) is 6.07 Å². The molecule has 0 spiro atoms. The van der Waals surface area contributed by atoms with E-state index in [-0.39, 0.29) is 23.1 Å². The summed E-state index contributed by atoms with van der Waals surface area (Å²) in [5.41, 5.74) is 1.22. The van der Waals surface area contributed by atoms with Crippen molar-refractivity contribution in [3.8, 4) is 11.4 Å². The topological polar surface area (TPSA) is 82.5 Å². The number of carbonyl (C=O) groups is 1. The minimum atomic E-state index is -0.394. The van der Waals surface area contributed by atoms with Crippen LogP contribution >= 0.6 is 0 Å². The molecule has 0 saturated carbocycles. The number of benzene rings is 1. The number of carbonyl (C=O) groups excluding carboxylic acids is 1. The number of rotatable bonds is 5. The van der Waals surface area contributed by atoms with Crippen molar-refractivity contribution in [1.29, 1.82) is 0 Å². The van der Waals surface area contributed by atoms with E-state index in [1.807, 2.05) is 25.1 Å². The molecule has 3 rings (SSSR count). The van der Waals surface area contributed by atoms with Crippen LogP contribution in [-0.4, -0.2) is 42.1 Å². The summed E-state index contributed by atoms with van der Waals surface area (Å²) in [6, 6.07) is 8.63. The van der Waals surface area contributed by atoms with Crippen LogP contribution in [0.25, 0.3) is 5.69 Å². The minimum Gasteiger partial charge on any atom is -0.494 e. The summed E-state index contributed by atoms with van der Waals surface area (Å²) in [4.78, 5) is 24.9. The fourth-order valence-electron chi connectivity index (χ4n) is 2.82. The molecule has 1 N–H and O–H groups in total. The number of nitrogens with zero attached hydrogens (tertiary/aromatic N) is 2. The van der Waals surface area contributed by atoms with Gasteiger partial charge in [0.25, 0.3) is 11.5 Å². The Morgan fingerprint density at radius 3 is 2.92 bits per heavy atom. The maximum atomic E-state index is 12.5. The largest absolute Gasteiger partial charge is 0.494 e. The Morgan fingerprint density at radius 1 is 1.44 bits per heavy atom. The van der Waals surface area contributed by atoms with Gasteiger partial charge in [-0.3, -0.25) is 9.59 Å². The van der Waals surface area contributed by atoms with Crippen LogP contribution in [0.4, 0.5) is 0 Å². The van der Waals surface area contributed by atoms with Crippen LogP contribution in [0.2, 0.25) is 0 Å². The maximum Gasteiger partial charge on any atom is 0.275 e. The van der Waals surface area contributed by atoms with E-state index in [4.69, 9.17) is 9.47 Å². The molecule has 1 aromatic carbocycles. The van der Waals surface area contributed by atoms with E-state index >= 15 is 0 Å². The van der Waals surface area contributed by atoms with Crippen LogP contribution in [0.15, 0.2) is 35.1 Å². The number of hydrogen-bond acceptors (Lipinski definition) is 5. The zero-order valence-corrected chi connectivity index (χ0v) is 14.3. The fourth-order valence-corrected chi connectivity index (χ4v) is 2.82. The normalized spacial score (nSPS) is 16.6. The number of methoxy groups -OCH3 is 1. The van der Waals surface area contributed by atoms with Gasteiger partial charge in [-0.1, -0.05) is 18.2 Å². The maximum absolute atomic E-state index is 12.5. The van der Waals surface area contributed by atoms with Gasteiger partial charge in [-0.15, -0.1) is 0 Å². The molecule has 2 heterocycles. The number of hydrogen-bond donors (Lipinski definition) is 1. The van der Waals surface area contributed by atoms with E-state index in [0.717, 1.165) is 25.0 Å².